The summed E-state index contributed by atoms with van der Waals surface area (Å²) in [5.74, 6) is 0.312. The molecule has 3 N–H and O–H groups in total. The fourth-order valence-corrected chi connectivity index (χ4v) is 2.64. The van der Waals surface area contributed by atoms with E-state index in [2.05, 4.69) is 14.7 Å². The summed E-state index contributed by atoms with van der Waals surface area (Å²) in [5.41, 5.74) is 6.65. The Morgan fingerprint density at radius 3 is 2.55 bits per heavy atom. The van der Waals surface area contributed by atoms with Gasteiger partial charge in [-0.15, -0.1) is 0 Å². The van der Waals surface area contributed by atoms with Gasteiger partial charge in [0, 0.05) is 17.4 Å². The fraction of sp³-hybridized carbons (Fsp3) is 0.286. The van der Waals surface area contributed by atoms with Crippen LogP contribution in [0.15, 0.2) is 35.2 Å². The number of hydrogen-bond donors (Lipinski definition) is 2. The van der Waals surface area contributed by atoms with E-state index in [1.165, 1.54) is 24.3 Å². The minimum absolute atomic E-state index is 0.0251. The molecule has 0 aliphatic rings. The lowest BCUT2D eigenvalue weighted by molar-refractivity contribution is 0.305. The molecule has 0 unspecified atom stereocenters. The number of rotatable bonds is 6. The Kier molecular flexibility index (Phi) is 4.81. The summed E-state index contributed by atoms with van der Waals surface area (Å²) < 4.78 is 32.3. The zero-order valence-electron chi connectivity index (χ0n) is 12.4. The van der Waals surface area contributed by atoms with Gasteiger partial charge in [-0.25, -0.2) is 18.1 Å². The predicted octanol–water partition coefficient (Wildman–Crippen LogP) is 1.96. The highest BCUT2D eigenvalue weighted by molar-refractivity contribution is 7.92. The van der Waals surface area contributed by atoms with Gasteiger partial charge >= 0.3 is 0 Å². The second-order valence-electron chi connectivity index (χ2n) is 4.69. The lowest BCUT2D eigenvalue weighted by Gasteiger charge is -2.09. The van der Waals surface area contributed by atoms with Crippen molar-refractivity contribution < 1.29 is 13.2 Å². The minimum atomic E-state index is -3.77. The van der Waals surface area contributed by atoms with Crippen LogP contribution >= 0.6 is 0 Å². The van der Waals surface area contributed by atoms with Crippen molar-refractivity contribution in [2.24, 2.45) is 0 Å². The van der Waals surface area contributed by atoms with Crippen LogP contribution in [0.3, 0.4) is 0 Å². The van der Waals surface area contributed by atoms with Gasteiger partial charge in [-0.2, -0.15) is 4.98 Å². The summed E-state index contributed by atoms with van der Waals surface area (Å²) in [6, 6.07) is 7.52. The number of aryl methyl sites for hydroxylation is 1. The molecule has 1 aromatic heterocycles. The third kappa shape index (κ3) is 4.08. The molecule has 0 bridgehead atoms. The average Bonchev–Trinajstić information content (AvgIpc) is 2.44. The van der Waals surface area contributed by atoms with Crippen LogP contribution in [0.1, 0.15) is 19.0 Å². The van der Waals surface area contributed by atoms with Crippen LogP contribution < -0.4 is 15.2 Å². The Labute approximate surface area is 129 Å². The predicted molar refractivity (Wildman–Crippen MR) is 84.2 cm³/mol. The molecular formula is C14H18N4O3S. The number of nitrogens with two attached hydrogens (primary N) is 1. The van der Waals surface area contributed by atoms with Gasteiger partial charge in [-0.05, 0) is 37.6 Å². The Balaban J connectivity index is 2.25. The van der Waals surface area contributed by atoms with E-state index in [4.69, 9.17) is 10.5 Å². The topological polar surface area (TPSA) is 107 Å². The number of nitrogens with one attached hydrogen (secondary N) is 1. The van der Waals surface area contributed by atoms with E-state index in [9.17, 15) is 8.42 Å². The first-order chi connectivity index (χ1) is 10.4. The minimum Gasteiger partial charge on any atom is -0.478 e. The number of hydrogen-bond acceptors (Lipinski definition) is 6. The number of anilines is 2. The molecule has 0 atom stereocenters. The first-order valence-electron chi connectivity index (χ1n) is 6.77. The Bertz CT molecular complexity index is 745. The van der Waals surface area contributed by atoms with E-state index in [1.54, 1.807) is 13.0 Å². The van der Waals surface area contributed by atoms with Crippen molar-refractivity contribution in [2.45, 2.75) is 25.2 Å². The molecule has 7 nitrogen and oxygen atoms in total. The van der Waals surface area contributed by atoms with Gasteiger partial charge in [-0.3, -0.25) is 0 Å². The van der Waals surface area contributed by atoms with Gasteiger partial charge in [0.05, 0.1) is 11.5 Å². The fourth-order valence-electron chi connectivity index (χ4n) is 1.69. The molecule has 118 valence electrons. The number of nitrogens with zero attached hydrogens (tertiary/aromatic N) is 2. The van der Waals surface area contributed by atoms with E-state index in [-0.39, 0.29) is 10.8 Å². The summed E-state index contributed by atoms with van der Waals surface area (Å²) in [4.78, 5) is 8.20. The highest BCUT2D eigenvalue weighted by Crippen LogP contribution is 2.17. The molecule has 0 aliphatic carbocycles. The molecule has 0 aliphatic heterocycles. The van der Waals surface area contributed by atoms with E-state index in [0.717, 1.165) is 6.42 Å². The molecule has 0 saturated carbocycles. The quantitative estimate of drug-likeness (QED) is 0.787. The van der Waals surface area contributed by atoms with Gasteiger partial charge in [0.1, 0.15) is 0 Å². The molecule has 0 spiro atoms. The Morgan fingerprint density at radius 2 is 1.91 bits per heavy atom. The van der Waals surface area contributed by atoms with Gasteiger partial charge in [0.15, 0.2) is 0 Å². The van der Waals surface area contributed by atoms with E-state index < -0.39 is 10.0 Å². The van der Waals surface area contributed by atoms with Crippen molar-refractivity contribution in [2.75, 3.05) is 17.1 Å². The summed E-state index contributed by atoms with van der Waals surface area (Å²) in [6.07, 6.45) is 0.829. The van der Waals surface area contributed by atoms with Crippen LogP contribution in [0.4, 0.5) is 11.6 Å². The second-order valence-corrected chi connectivity index (χ2v) is 6.38. The molecule has 1 aromatic carbocycles. The summed E-state index contributed by atoms with van der Waals surface area (Å²) in [6.45, 7) is 4.21. The maximum atomic E-state index is 12.3. The molecule has 22 heavy (non-hydrogen) atoms. The first kappa shape index (κ1) is 16.0. The number of sulfonamides is 1. The monoisotopic (exact) mass is 322 g/mol. The largest absolute Gasteiger partial charge is 0.478 e. The van der Waals surface area contributed by atoms with Gasteiger partial charge < -0.3 is 10.5 Å². The van der Waals surface area contributed by atoms with Gasteiger partial charge in [-0.1, -0.05) is 6.92 Å². The third-order valence-electron chi connectivity index (χ3n) is 2.70. The lowest BCUT2D eigenvalue weighted by atomic mass is 10.3. The third-order valence-corrected chi connectivity index (χ3v) is 4.04. The molecule has 2 rings (SSSR count). The van der Waals surface area contributed by atoms with Crippen molar-refractivity contribution in [1.82, 2.24) is 9.97 Å². The summed E-state index contributed by atoms with van der Waals surface area (Å²) >= 11 is 0. The van der Waals surface area contributed by atoms with Crippen LogP contribution in [0.5, 0.6) is 5.88 Å². The lowest BCUT2D eigenvalue weighted by Crippen LogP contribution is -2.16. The van der Waals surface area contributed by atoms with Crippen LogP contribution in [0, 0.1) is 6.92 Å². The average molecular weight is 322 g/mol. The molecule has 2 aromatic rings. The maximum Gasteiger partial charge on any atom is 0.264 e. The van der Waals surface area contributed by atoms with Crippen molar-refractivity contribution in [3.8, 4) is 5.88 Å². The van der Waals surface area contributed by atoms with E-state index in [0.29, 0.717) is 23.9 Å². The summed E-state index contributed by atoms with van der Waals surface area (Å²) in [5, 5.41) is 0. The number of benzene rings is 1. The molecule has 8 heteroatoms. The van der Waals surface area contributed by atoms with Crippen molar-refractivity contribution in [1.29, 1.82) is 0 Å². The number of ether oxygens (including phenoxy) is 1. The molecule has 0 amide bonds. The highest BCUT2D eigenvalue weighted by atomic mass is 32.2. The van der Waals surface area contributed by atoms with E-state index in [1.807, 2.05) is 6.92 Å². The standard InChI is InChI=1S/C14H18N4O3S/c1-3-8-21-13-9-10(2)16-14(17-13)18-22(19,20)12-6-4-11(15)5-7-12/h4-7,9H,3,8,15H2,1-2H3,(H,16,17,18). The van der Waals surface area contributed by atoms with E-state index >= 15 is 0 Å². The van der Waals surface area contributed by atoms with Crippen LogP contribution in [0.2, 0.25) is 0 Å². The smallest absolute Gasteiger partial charge is 0.264 e. The van der Waals surface area contributed by atoms with Gasteiger partial charge in [0.2, 0.25) is 11.8 Å². The van der Waals surface area contributed by atoms with Crippen molar-refractivity contribution in [3.63, 3.8) is 0 Å². The maximum absolute atomic E-state index is 12.3. The molecule has 0 saturated heterocycles. The molecule has 0 radical (unpaired) electrons. The number of aromatic nitrogens is 2. The highest BCUT2D eigenvalue weighted by Gasteiger charge is 2.16. The van der Waals surface area contributed by atoms with Crippen molar-refractivity contribution in [3.05, 3.63) is 36.0 Å². The zero-order chi connectivity index (χ0) is 16.2. The van der Waals surface area contributed by atoms with Crippen LogP contribution in [-0.2, 0) is 10.0 Å². The second kappa shape index (κ2) is 6.61. The van der Waals surface area contributed by atoms with Crippen LogP contribution in [0.25, 0.3) is 0 Å². The number of nitrogen functional groups attached to an aromatic ring is 1. The first-order valence-corrected chi connectivity index (χ1v) is 8.26. The molecule has 1 heterocycles. The van der Waals surface area contributed by atoms with Crippen molar-refractivity contribution >= 4 is 21.7 Å². The SMILES string of the molecule is CCCOc1cc(C)nc(NS(=O)(=O)c2ccc(N)cc2)n1. The van der Waals surface area contributed by atoms with Gasteiger partial charge in [0.25, 0.3) is 10.0 Å². The Hall–Kier alpha value is -2.35. The van der Waals surface area contributed by atoms with Crippen LogP contribution in [-0.4, -0.2) is 25.0 Å². The summed E-state index contributed by atoms with van der Waals surface area (Å²) in [7, 11) is -3.77. The molecule has 0 fully saturated rings. The normalized spacial score (nSPS) is 11.2. The Morgan fingerprint density at radius 1 is 1.23 bits per heavy atom. The molecular weight excluding hydrogens is 304 g/mol. The zero-order valence-corrected chi connectivity index (χ0v) is 13.2.